The maximum Gasteiger partial charge on any atom is 0.0962 e. The van der Waals surface area contributed by atoms with Crippen molar-refractivity contribution in [1.82, 2.24) is 0 Å². The van der Waals surface area contributed by atoms with Gasteiger partial charge in [-0.1, -0.05) is 25.4 Å². The standard InChI is InChI=1S/C10H15ClOS/c1-7(2)6-10(3,12)8-4-5-9(11)13-8/h4-5,7,12H,6H2,1-3H3. The Morgan fingerprint density at radius 2 is 2.15 bits per heavy atom. The van der Waals surface area contributed by atoms with Crippen molar-refractivity contribution in [3.8, 4) is 0 Å². The Morgan fingerprint density at radius 1 is 1.54 bits per heavy atom. The Labute approximate surface area is 88.4 Å². The summed E-state index contributed by atoms with van der Waals surface area (Å²) in [5.74, 6) is 0.482. The third-order valence-corrected chi connectivity index (χ3v) is 3.39. The summed E-state index contributed by atoms with van der Waals surface area (Å²) in [5.41, 5.74) is -0.730. The molecule has 0 aromatic carbocycles. The molecule has 0 amide bonds. The molecule has 0 aliphatic carbocycles. The molecule has 0 spiro atoms. The molecule has 0 radical (unpaired) electrons. The number of hydrogen-bond acceptors (Lipinski definition) is 2. The molecule has 0 aliphatic rings. The van der Waals surface area contributed by atoms with Gasteiger partial charge in [-0.25, -0.2) is 0 Å². The highest BCUT2D eigenvalue weighted by molar-refractivity contribution is 7.16. The highest BCUT2D eigenvalue weighted by atomic mass is 35.5. The fourth-order valence-electron chi connectivity index (χ4n) is 1.50. The van der Waals surface area contributed by atoms with Crippen LogP contribution in [-0.2, 0) is 5.60 Å². The van der Waals surface area contributed by atoms with E-state index in [4.69, 9.17) is 11.6 Å². The number of aliphatic hydroxyl groups is 1. The molecule has 1 N–H and O–H groups in total. The van der Waals surface area contributed by atoms with E-state index in [0.717, 1.165) is 15.6 Å². The predicted molar refractivity (Wildman–Crippen MR) is 58.4 cm³/mol. The zero-order valence-electron chi connectivity index (χ0n) is 8.17. The first-order valence-corrected chi connectivity index (χ1v) is 5.59. The maximum absolute atomic E-state index is 10.1. The number of rotatable bonds is 3. The van der Waals surface area contributed by atoms with Crippen molar-refractivity contribution >= 4 is 22.9 Å². The second kappa shape index (κ2) is 3.99. The van der Waals surface area contributed by atoms with Gasteiger partial charge in [-0.3, -0.25) is 0 Å². The Morgan fingerprint density at radius 3 is 2.54 bits per heavy atom. The first-order valence-electron chi connectivity index (χ1n) is 4.40. The van der Waals surface area contributed by atoms with E-state index >= 15 is 0 Å². The molecule has 74 valence electrons. The van der Waals surface area contributed by atoms with Crippen molar-refractivity contribution in [2.75, 3.05) is 0 Å². The van der Waals surface area contributed by atoms with Crippen LogP contribution in [-0.4, -0.2) is 5.11 Å². The molecule has 1 atom stereocenters. The summed E-state index contributed by atoms with van der Waals surface area (Å²) in [6.07, 6.45) is 0.768. The molecular weight excluding hydrogens is 204 g/mol. The van der Waals surface area contributed by atoms with Crippen LogP contribution in [0.4, 0.5) is 0 Å². The summed E-state index contributed by atoms with van der Waals surface area (Å²) in [6, 6.07) is 3.73. The minimum atomic E-state index is -0.730. The molecule has 13 heavy (non-hydrogen) atoms. The maximum atomic E-state index is 10.1. The van der Waals surface area contributed by atoms with Gasteiger partial charge < -0.3 is 5.11 Å². The van der Waals surface area contributed by atoms with Crippen LogP contribution in [0.1, 0.15) is 32.1 Å². The lowest BCUT2D eigenvalue weighted by Crippen LogP contribution is -2.21. The van der Waals surface area contributed by atoms with E-state index in [1.807, 2.05) is 19.1 Å². The van der Waals surface area contributed by atoms with Gasteiger partial charge in [0.15, 0.2) is 0 Å². The van der Waals surface area contributed by atoms with Gasteiger partial charge >= 0.3 is 0 Å². The molecule has 1 unspecified atom stereocenters. The first kappa shape index (κ1) is 11.0. The lowest BCUT2D eigenvalue weighted by Gasteiger charge is -2.23. The number of halogens is 1. The third-order valence-electron chi connectivity index (χ3n) is 1.91. The quantitative estimate of drug-likeness (QED) is 0.821. The zero-order valence-corrected chi connectivity index (χ0v) is 9.75. The normalized spacial score (nSPS) is 16.2. The van der Waals surface area contributed by atoms with Crippen molar-refractivity contribution in [2.24, 2.45) is 5.92 Å². The molecule has 1 aromatic rings. The summed E-state index contributed by atoms with van der Waals surface area (Å²) in [7, 11) is 0. The van der Waals surface area contributed by atoms with E-state index in [1.165, 1.54) is 11.3 Å². The average Bonchev–Trinajstić information content (AvgIpc) is 2.32. The van der Waals surface area contributed by atoms with Crippen LogP contribution in [0.3, 0.4) is 0 Å². The fourth-order valence-corrected chi connectivity index (χ4v) is 2.60. The first-order chi connectivity index (χ1) is 5.92. The van der Waals surface area contributed by atoms with E-state index in [9.17, 15) is 5.11 Å². The Balaban J connectivity index is 2.80. The van der Waals surface area contributed by atoms with Gasteiger partial charge in [0.1, 0.15) is 0 Å². The Kier molecular flexibility index (Phi) is 3.38. The summed E-state index contributed by atoms with van der Waals surface area (Å²) >= 11 is 7.26. The Bertz CT molecular complexity index is 278. The summed E-state index contributed by atoms with van der Waals surface area (Å²) in [6.45, 7) is 6.04. The van der Waals surface area contributed by atoms with E-state index in [2.05, 4.69) is 13.8 Å². The molecule has 3 heteroatoms. The van der Waals surface area contributed by atoms with Gasteiger partial charge in [-0.2, -0.15) is 0 Å². The summed E-state index contributed by atoms with van der Waals surface area (Å²) in [5, 5.41) is 10.1. The van der Waals surface area contributed by atoms with E-state index in [-0.39, 0.29) is 0 Å². The molecule has 0 fully saturated rings. The minimum Gasteiger partial charge on any atom is -0.385 e. The second-order valence-electron chi connectivity index (χ2n) is 3.98. The zero-order chi connectivity index (χ0) is 10.1. The topological polar surface area (TPSA) is 20.2 Å². The molecule has 0 saturated carbocycles. The predicted octanol–water partition coefficient (Wildman–Crippen LogP) is 3.66. The smallest absolute Gasteiger partial charge is 0.0962 e. The van der Waals surface area contributed by atoms with Gasteiger partial charge in [0, 0.05) is 4.88 Å². The lowest BCUT2D eigenvalue weighted by molar-refractivity contribution is 0.0385. The number of thiophene rings is 1. The van der Waals surface area contributed by atoms with Gasteiger partial charge in [0.25, 0.3) is 0 Å². The van der Waals surface area contributed by atoms with Crippen LogP contribution in [0.15, 0.2) is 12.1 Å². The van der Waals surface area contributed by atoms with Gasteiger partial charge in [0.2, 0.25) is 0 Å². The van der Waals surface area contributed by atoms with Crippen LogP contribution in [0.5, 0.6) is 0 Å². The van der Waals surface area contributed by atoms with Crippen LogP contribution < -0.4 is 0 Å². The van der Waals surface area contributed by atoms with Crippen molar-refractivity contribution in [2.45, 2.75) is 32.8 Å². The molecule has 1 aromatic heterocycles. The Hall–Kier alpha value is -0.0500. The largest absolute Gasteiger partial charge is 0.385 e. The van der Waals surface area contributed by atoms with Crippen LogP contribution in [0, 0.1) is 5.92 Å². The number of hydrogen-bond donors (Lipinski definition) is 1. The van der Waals surface area contributed by atoms with Crippen LogP contribution in [0.25, 0.3) is 0 Å². The molecule has 0 aliphatic heterocycles. The van der Waals surface area contributed by atoms with E-state index in [0.29, 0.717) is 5.92 Å². The molecule has 0 saturated heterocycles. The van der Waals surface area contributed by atoms with Crippen molar-refractivity contribution in [1.29, 1.82) is 0 Å². The summed E-state index contributed by atoms with van der Waals surface area (Å²) < 4.78 is 0.735. The summed E-state index contributed by atoms with van der Waals surface area (Å²) in [4.78, 5) is 0.950. The fraction of sp³-hybridized carbons (Fsp3) is 0.600. The average molecular weight is 219 g/mol. The van der Waals surface area contributed by atoms with Gasteiger partial charge in [-0.05, 0) is 31.4 Å². The minimum absolute atomic E-state index is 0.482. The molecule has 1 rings (SSSR count). The second-order valence-corrected chi connectivity index (χ2v) is 5.69. The van der Waals surface area contributed by atoms with Crippen molar-refractivity contribution in [3.05, 3.63) is 21.3 Å². The van der Waals surface area contributed by atoms with Gasteiger partial charge in [0.05, 0.1) is 9.94 Å². The third kappa shape index (κ3) is 2.97. The highest BCUT2D eigenvalue weighted by Gasteiger charge is 2.25. The van der Waals surface area contributed by atoms with Crippen LogP contribution in [0.2, 0.25) is 4.34 Å². The SMILES string of the molecule is CC(C)CC(C)(O)c1ccc(Cl)s1. The highest BCUT2D eigenvalue weighted by Crippen LogP contribution is 2.34. The van der Waals surface area contributed by atoms with E-state index < -0.39 is 5.60 Å². The molecule has 0 bridgehead atoms. The van der Waals surface area contributed by atoms with E-state index in [1.54, 1.807) is 0 Å². The lowest BCUT2D eigenvalue weighted by atomic mass is 9.93. The van der Waals surface area contributed by atoms with Crippen molar-refractivity contribution < 1.29 is 5.11 Å². The monoisotopic (exact) mass is 218 g/mol. The van der Waals surface area contributed by atoms with Gasteiger partial charge in [-0.15, -0.1) is 11.3 Å². The molecular formula is C10H15ClOS. The van der Waals surface area contributed by atoms with Crippen molar-refractivity contribution in [3.63, 3.8) is 0 Å². The molecule has 1 heterocycles. The van der Waals surface area contributed by atoms with Crippen LogP contribution >= 0.6 is 22.9 Å². The molecule has 1 nitrogen and oxygen atoms in total.